The summed E-state index contributed by atoms with van der Waals surface area (Å²) in [6.45, 7) is 0. The van der Waals surface area contributed by atoms with Gasteiger partial charge in [0.25, 0.3) is 0 Å². The Morgan fingerprint density at radius 2 is 2.05 bits per heavy atom. The lowest BCUT2D eigenvalue weighted by Crippen LogP contribution is -2.53. The summed E-state index contributed by atoms with van der Waals surface area (Å²) in [6.07, 6.45) is 0.846. The maximum Gasteiger partial charge on any atom is 0.247 e. The zero-order chi connectivity index (χ0) is 13.9. The molecule has 2 aromatic carbocycles. The molecular formula is C16H13ClN2O. The third-order valence-corrected chi connectivity index (χ3v) is 4.64. The smallest absolute Gasteiger partial charge is 0.247 e. The first kappa shape index (κ1) is 11.9. The lowest BCUT2D eigenvalue weighted by Gasteiger charge is -2.35. The Bertz CT molecular complexity index is 743. The zero-order valence-corrected chi connectivity index (χ0v) is 11.4. The Kier molecular flexibility index (Phi) is 2.29. The van der Waals surface area contributed by atoms with E-state index < -0.39 is 5.54 Å². The van der Waals surface area contributed by atoms with Crippen molar-refractivity contribution in [1.82, 2.24) is 5.32 Å². The van der Waals surface area contributed by atoms with Crippen LogP contribution in [0.15, 0.2) is 42.5 Å². The number of hydrogen-bond donors (Lipinski definition) is 2. The van der Waals surface area contributed by atoms with E-state index in [4.69, 9.17) is 17.3 Å². The topological polar surface area (TPSA) is 55.1 Å². The van der Waals surface area contributed by atoms with Crippen LogP contribution in [-0.4, -0.2) is 5.91 Å². The number of hydrogen-bond acceptors (Lipinski definition) is 2. The van der Waals surface area contributed by atoms with Crippen LogP contribution in [0, 0.1) is 0 Å². The van der Waals surface area contributed by atoms with E-state index in [9.17, 15) is 4.79 Å². The van der Waals surface area contributed by atoms with Crippen molar-refractivity contribution < 1.29 is 4.79 Å². The number of halogens is 1. The summed E-state index contributed by atoms with van der Waals surface area (Å²) >= 11 is 6.13. The highest BCUT2D eigenvalue weighted by Gasteiger charge is 2.52. The Morgan fingerprint density at radius 3 is 2.85 bits per heavy atom. The van der Waals surface area contributed by atoms with Crippen molar-refractivity contribution in [2.45, 2.75) is 18.0 Å². The van der Waals surface area contributed by atoms with E-state index in [-0.39, 0.29) is 11.9 Å². The number of fused-ring (bicyclic) bond motifs is 7. The molecular weight excluding hydrogens is 272 g/mol. The second-order valence-corrected chi connectivity index (χ2v) is 5.84. The summed E-state index contributed by atoms with van der Waals surface area (Å²) in [5, 5.41) is 4.04. The average Bonchev–Trinajstić information content (AvgIpc) is 2.72. The lowest BCUT2D eigenvalue weighted by atomic mass is 9.80. The summed E-state index contributed by atoms with van der Waals surface area (Å²) in [6, 6.07) is 13.8. The van der Waals surface area contributed by atoms with Gasteiger partial charge in [-0.25, -0.2) is 0 Å². The van der Waals surface area contributed by atoms with Crippen LogP contribution in [0.1, 0.15) is 28.3 Å². The molecule has 4 heteroatoms. The van der Waals surface area contributed by atoms with Gasteiger partial charge in [-0.2, -0.15) is 0 Å². The summed E-state index contributed by atoms with van der Waals surface area (Å²) < 4.78 is 0. The fourth-order valence-electron chi connectivity index (χ4n) is 3.58. The van der Waals surface area contributed by atoms with Gasteiger partial charge in [-0.15, -0.1) is 0 Å². The molecule has 2 unspecified atom stereocenters. The number of nitrogens with one attached hydrogen (secondary N) is 1. The Hall–Kier alpha value is -1.84. The van der Waals surface area contributed by atoms with Crippen LogP contribution in [0.5, 0.6) is 0 Å². The number of nitrogens with two attached hydrogens (primary N) is 1. The fraction of sp³-hybridized carbons (Fsp3) is 0.188. The summed E-state index contributed by atoms with van der Waals surface area (Å²) in [5.74, 6) is -0.379. The molecule has 3 N–H and O–H groups in total. The summed E-state index contributed by atoms with van der Waals surface area (Å²) in [4.78, 5) is 12.3. The number of benzene rings is 2. The van der Waals surface area contributed by atoms with Gasteiger partial charge in [0.05, 0.1) is 0 Å². The summed E-state index contributed by atoms with van der Waals surface area (Å²) in [7, 11) is 0. The first-order chi connectivity index (χ1) is 9.63. The van der Waals surface area contributed by atoms with Gasteiger partial charge in [0, 0.05) is 11.1 Å². The van der Waals surface area contributed by atoms with Gasteiger partial charge in [-0.1, -0.05) is 41.9 Å². The van der Waals surface area contributed by atoms with Crippen LogP contribution in [0.2, 0.25) is 5.02 Å². The maximum absolute atomic E-state index is 12.3. The number of amides is 1. The second kappa shape index (κ2) is 3.84. The van der Waals surface area contributed by atoms with Gasteiger partial charge in [-0.3, -0.25) is 10.1 Å². The van der Waals surface area contributed by atoms with Crippen LogP contribution < -0.4 is 11.1 Å². The van der Waals surface area contributed by atoms with Crippen LogP contribution in [0.25, 0.3) is 0 Å². The normalized spacial score (nSPS) is 25.9. The lowest BCUT2D eigenvalue weighted by molar-refractivity contribution is -0.123. The van der Waals surface area contributed by atoms with Crippen molar-refractivity contribution in [3.8, 4) is 0 Å². The molecule has 0 saturated heterocycles. The van der Waals surface area contributed by atoms with Crippen LogP contribution >= 0.6 is 11.6 Å². The monoisotopic (exact) mass is 284 g/mol. The van der Waals surface area contributed by atoms with Crippen molar-refractivity contribution >= 4 is 17.5 Å². The molecule has 3 nitrogen and oxygen atoms in total. The minimum absolute atomic E-state index is 0.132. The van der Waals surface area contributed by atoms with Crippen LogP contribution in [0.3, 0.4) is 0 Å². The molecule has 0 spiro atoms. The molecule has 0 aromatic heterocycles. The Morgan fingerprint density at radius 1 is 1.25 bits per heavy atom. The zero-order valence-electron chi connectivity index (χ0n) is 10.7. The maximum atomic E-state index is 12.3. The van der Waals surface area contributed by atoms with E-state index in [1.807, 2.05) is 36.4 Å². The molecule has 0 saturated carbocycles. The van der Waals surface area contributed by atoms with Gasteiger partial charge in [-0.05, 0) is 40.8 Å². The molecule has 1 amide bonds. The summed E-state index contributed by atoms with van der Waals surface area (Å²) in [5.41, 5.74) is 8.96. The predicted octanol–water partition coefficient (Wildman–Crippen LogP) is 2.27. The van der Waals surface area contributed by atoms with Gasteiger partial charge in [0.15, 0.2) is 0 Å². The van der Waals surface area contributed by atoms with E-state index in [1.165, 1.54) is 0 Å². The van der Waals surface area contributed by atoms with E-state index in [1.54, 1.807) is 0 Å². The van der Waals surface area contributed by atoms with Crippen LogP contribution in [-0.2, 0) is 16.8 Å². The Balaban J connectivity index is 2.09. The Labute approximate surface area is 121 Å². The molecule has 2 bridgehead atoms. The van der Waals surface area contributed by atoms with Crippen molar-refractivity contribution in [2.75, 3.05) is 0 Å². The molecule has 20 heavy (non-hydrogen) atoms. The van der Waals surface area contributed by atoms with E-state index in [0.717, 1.165) is 28.7 Å². The number of carbonyl (C=O) groups excluding carboxylic acids is 1. The van der Waals surface area contributed by atoms with E-state index in [0.29, 0.717) is 5.02 Å². The standard InChI is InChI=1S/C16H13ClN2O/c17-10-6-5-9-7-14-11-3-1-2-4-12(11)16(19-14,15(18)20)13(9)8-10/h1-6,8,14,19H,7H2,(H2,18,20). The van der Waals surface area contributed by atoms with Crippen molar-refractivity contribution in [2.24, 2.45) is 5.73 Å². The highest BCUT2D eigenvalue weighted by atomic mass is 35.5. The number of primary amides is 1. The second-order valence-electron chi connectivity index (χ2n) is 5.40. The largest absolute Gasteiger partial charge is 0.367 e. The van der Waals surface area contributed by atoms with Gasteiger partial charge in [0.1, 0.15) is 5.54 Å². The SMILES string of the molecule is NC(=O)C12NC(Cc3ccc(Cl)cc31)c1ccccc12. The first-order valence-electron chi connectivity index (χ1n) is 6.59. The first-order valence-corrected chi connectivity index (χ1v) is 6.96. The van der Waals surface area contributed by atoms with Gasteiger partial charge < -0.3 is 5.73 Å². The van der Waals surface area contributed by atoms with E-state index >= 15 is 0 Å². The van der Waals surface area contributed by atoms with Crippen molar-refractivity contribution in [1.29, 1.82) is 0 Å². The minimum Gasteiger partial charge on any atom is -0.367 e. The highest BCUT2D eigenvalue weighted by Crippen LogP contribution is 2.48. The van der Waals surface area contributed by atoms with Crippen LogP contribution in [0.4, 0.5) is 0 Å². The molecule has 2 aliphatic heterocycles. The van der Waals surface area contributed by atoms with Gasteiger partial charge >= 0.3 is 0 Å². The predicted molar refractivity (Wildman–Crippen MR) is 77.4 cm³/mol. The highest BCUT2D eigenvalue weighted by molar-refractivity contribution is 6.30. The molecule has 0 fully saturated rings. The molecule has 4 rings (SSSR count). The van der Waals surface area contributed by atoms with E-state index in [2.05, 4.69) is 11.4 Å². The van der Waals surface area contributed by atoms with Crippen molar-refractivity contribution in [3.63, 3.8) is 0 Å². The molecule has 100 valence electrons. The average molecular weight is 285 g/mol. The third kappa shape index (κ3) is 1.31. The third-order valence-electron chi connectivity index (χ3n) is 4.40. The molecule has 2 aromatic rings. The molecule has 2 heterocycles. The fourth-order valence-corrected chi connectivity index (χ4v) is 3.75. The molecule has 0 aliphatic carbocycles. The quantitative estimate of drug-likeness (QED) is 0.844. The molecule has 2 aliphatic rings. The minimum atomic E-state index is -0.945. The van der Waals surface area contributed by atoms with Gasteiger partial charge in [0.2, 0.25) is 5.91 Å². The van der Waals surface area contributed by atoms with Crippen molar-refractivity contribution in [3.05, 3.63) is 69.7 Å². The number of carbonyl (C=O) groups is 1. The molecule has 2 atom stereocenters. The molecule has 0 radical (unpaired) electrons. The number of rotatable bonds is 1.